The summed E-state index contributed by atoms with van der Waals surface area (Å²) < 4.78 is 5.31. The van der Waals surface area contributed by atoms with Crippen LogP contribution in [0.1, 0.15) is 65.1 Å². The number of nitrogens with zero attached hydrogens (tertiary/aromatic N) is 4. The predicted molar refractivity (Wildman–Crippen MR) is 149 cm³/mol. The van der Waals surface area contributed by atoms with E-state index >= 15 is 0 Å². The van der Waals surface area contributed by atoms with Gasteiger partial charge in [-0.05, 0) is 44.7 Å². The fourth-order valence-electron chi connectivity index (χ4n) is 4.42. The molecule has 3 heterocycles. The van der Waals surface area contributed by atoms with Gasteiger partial charge in [-0.15, -0.1) is 5.10 Å². The quantitative estimate of drug-likeness (QED) is 0.239. The molecule has 5 N–H and O–H groups in total. The smallest absolute Gasteiger partial charge is 0.408 e. The van der Waals surface area contributed by atoms with Crippen LogP contribution in [0.4, 0.5) is 10.6 Å². The predicted octanol–water partition coefficient (Wildman–Crippen LogP) is 1.06. The van der Waals surface area contributed by atoms with Crippen molar-refractivity contribution in [3.8, 4) is 0 Å². The molecule has 4 amide bonds. The van der Waals surface area contributed by atoms with Crippen LogP contribution in [-0.4, -0.2) is 79.0 Å². The number of hydrogen-bond donors (Lipinski definition) is 5. The van der Waals surface area contributed by atoms with Gasteiger partial charge in [-0.3, -0.25) is 29.2 Å². The molecule has 0 fully saturated rings. The standard InChI is InChI=1S/C27H38N8O7/c1-6-15(2)21(32-26(41)42-27(3,4)5)24(39)31-18(9-10-20(36)37)25(40)35-19(12-16-8-7-11-28-22(16)35)23(38)29-13-17-14-30-34-33-17/h7-8,11,14-15,18-19,21H,6,9-10,12-13H2,1-5H3,(H,29,38)(H,31,39)(H,32,41)(H,36,37)(H,30,33,34)/t15-,18?,19-,21-/m0/s1. The van der Waals surface area contributed by atoms with Gasteiger partial charge in [0.25, 0.3) is 5.91 Å². The Balaban J connectivity index is 1.87. The summed E-state index contributed by atoms with van der Waals surface area (Å²) in [5.41, 5.74) is 0.315. The van der Waals surface area contributed by atoms with E-state index in [-0.39, 0.29) is 31.1 Å². The molecule has 0 saturated carbocycles. The molecule has 15 heteroatoms. The minimum Gasteiger partial charge on any atom is -0.481 e. The molecule has 0 spiro atoms. The lowest BCUT2D eigenvalue weighted by Gasteiger charge is -2.31. The van der Waals surface area contributed by atoms with E-state index in [1.54, 1.807) is 39.8 Å². The van der Waals surface area contributed by atoms with Crippen LogP contribution in [0.25, 0.3) is 0 Å². The number of H-pyrrole nitrogens is 1. The Kier molecular flexibility index (Phi) is 10.6. The Hall–Kier alpha value is -4.56. The number of alkyl carbamates (subject to hydrolysis) is 1. The largest absolute Gasteiger partial charge is 0.481 e. The number of ether oxygens (including phenoxy) is 1. The molecule has 4 atom stereocenters. The monoisotopic (exact) mass is 586 g/mol. The molecular formula is C27H38N8O7. The van der Waals surface area contributed by atoms with Gasteiger partial charge in [0.2, 0.25) is 11.8 Å². The molecule has 0 bridgehead atoms. The summed E-state index contributed by atoms with van der Waals surface area (Å²) in [5, 5.41) is 27.3. The van der Waals surface area contributed by atoms with Crippen molar-refractivity contribution < 1.29 is 33.8 Å². The first-order valence-corrected chi connectivity index (χ1v) is 13.7. The van der Waals surface area contributed by atoms with Gasteiger partial charge in [0.05, 0.1) is 6.54 Å². The van der Waals surface area contributed by atoms with Crippen LogP contribution in [0.15, 0.2) is 24.5 Å². The second kappa shape index (κ2) is 13.9. The van der Waals surface area contributed by atoms with Crippen molar-refractivity contribution >= 4 is 35.6 Å². The van der Waals surface area contributed by atoms with Gasteiger partial charge >= 0.3 is 12.1 Å². The van der Waals surface area contributed by atoms with Gasteiger partial charge in [-0.2, -0.15) is 0 Å². The van der Waals surface area contributed by atoms with E-state index in [0.717, 1.165) is 0 Å². The number of amides is 4. The van der Waals surface area contributed by atoms with Crippen LogP contribution in [0.5, 0.6) is 0 Å². The van der Waals surface area contributed by atoms with Crippen LogP contribution in [0.3, 0.4) is 0 Å². The van der Waals surface area contributed by atoms with E-state index in [2.05, 4.69) is 36.3 Å². The molecule has 1 unspecified atom stereocenters. The molecule has 15 nitrogen and oxygen atoms in total. The van der Waals surface area contributed by atoms with Crippen LogP contribution in [0.2, 0.25) is 0 Å². The van der Waals surface area contributed by atoms with Crippen molar-refractivity contribution in [3.05, 3.63) is 35.8 Å². The fraction of sp³-hybridized carbons (Fsp3) is 0.556. The third kappa shape index (κ3) is 8.47. The maximum Gasteiger partial charge on any atom is 0.408 e. The van der Waals surface area contributed by atoms with Gasteiger partial charge in [0.15, 0.2) is 0 Å². The van der Waals surface area contributed by atoms with Crippen molar-refractivity contribution in [2.24, 2.45) is 5.92 Å². The number of aromatic amines is 1. The molecule has 0 aromatic carbocycles. The summed E-state index contributed by atoms with van der Waals surface area (Å²) in [6, 6.07) is 0.000775. The number of fused-ring (bicyclic) bond motifs is 1. The van der Waals surface area contributed by atoms with E-state index in [1.165, 1.54) is 17.3 Å². The van der Waals surface area contributed by atoms with E-state index in [0.29, 0.717) is 17.7 Å². The lowest BCUT2D eigenvalue weighted by atomic mass is 9.97. The molecule has 2 aromatic rings. The Labute approximate surface area is 243 Å². The lowest BCUT2D eigenvalue weighted by Crippen LogP contribution is -2.59. The second-order valence-corrected chi connectivity index (χ2v) is 11.1. The number of pyridine rings is 1. The van der Waals surface area contributed by atoms with Crippen molar-refractivity contribution in [1.82, 2.24) is 36.3 Å². The first kappa shape index (κ1) is 32.0. The number of aromatic nitrogens is 4. The van der Waals surface area contributed by atoms with Gasteiger partial charge < -0.3 is 25.8 Å². The zero-order valence-electron chi connectivity index (χ0n) is 24.3. The van der Waals surface area contributed by atoms with Crippen LogP contribution in [0, 0.1) is 5.92 Å². The molecule has 0 saturated heterocycles. The first-order chi connectivity index (χ1) is 19.8. The molecule has 1 aliphatic rings. The number of rotatable bonds is 12. The molecule has 0 radical (unpaired) electrons. The number of anilines is 1. The normalized spacial score (nSPS) is 16.5. The number of aliphatic carboxylic acids is 1. The maximum absolute atomic E-state index is 14.0. The van der Waals surface area contributed by atoms with Gasteiger partial charge in [-0.25, -0.2) is 9.78 Å². The summed E-state index contributed by atoms with van der Waals surface area (Å²) in [6.07, 6.45) is 2.17. The number of nitrogens with one attached hydrogen (secondary N) is 4. The zero-order valence-corrected chi connectivity index (χ0v) is 24.3. The second-order valence-electron chi connectivity index (χ2n) is 11.1. The topological polar surface area (TPSA) is 209 Å². The van der Waals surface area contributed by atoms with E-state index in [4.69, 9.17) is 4.74 Å². The highest BCUT2D eigenvalue weighted by atomic mass is 16.6. The molecule has 3 rings (SSSR count). The highest BCUT2D eigenvalue weighted by molar-refractivity contribution is 6.06. The van der Waals surface area contributed by atoms with E-state index in [9.17, 15) is 29.1 Å². The summed E-state index contributed by atoms with van der Waals surface area (Å²) in [4.78, 5) is 70.3. The number of carbonyl (C=O) groups is 5. The van der Waals surface area contributed by atoms with Crippen molar-refractivity contribution in [2.75, 3.05) is 4.90 Å². The van der Waals surface area contributed by atoms with Gasteiger partial charge in [0, 0.05) is 25.2 Å². The Bertz CT molecular complexity index is 1280. The highest BCUT2D eigenvalue weighted by Gasteiger charge is 2.43. The summed E-state index contributed by atoms with van der Waals surface area (Å²) in [7, 11) is 0. The summed E-state index contributed by atoms with van der Waals surface area (Å²) >= 11 is 0. The maximum atomic E-state index is 14.0. The van der Waals surface area contributed by atoms with Crippen LogP contribution in [-0.2, 0) is 36.9 Å². The molecule has 2 aromatic heterocycles. The van der Waals surface area contributed by atoms with E-state index < -0.39 is 59.9 Å². The minimum absolute atomic E-state index is 0.0593. The van der Waals surface area contributed by atoms with Crippen molar-refractivity contribution in [3.63, 3.8) is 0 Å². The number of carboxylic acids is 1. The van der Waals surface area contributed by atoms with Crippen LogP contribution >= 0.6 is 0 Å². The third-order valence-corrected chi connectivity index (χ3v) is 6.70. The first-order valence-electron chi connectivity index (χ1n) is 13.7. The Morgan fingerprint density at radius 3 is 2.57 bits per heavy atom. The lowest BCUT2D eigenvalue weighted by molar-refractivity contribution is -0.138. The highest BCUT2D eigenvalue weighted by Crippen LogP contribution is 2.31. The number of hydrogen-bond acceptors (Lipinski definition) is 9. The van der Waals surface area contributed by atoms with Crippen LogP contribution < -0.4 is 20.9 Å². The van der Waals surface area contributed by atoms with Gasteiger partial charge in [-0.1, -0.05) is 31.5 Å². The zero-order chi connectivity index (χ0) is 31.0. The number of carbonyl (C=O) groups excluding carboxylic acids is 4. The molecule has 228 valence electrons. The average Bonchev–Trinajstić information content (AvgIpc) is 3.58. The summed E-state index contributed by atoms with van der Waals surface area (Å²) in [5.74, 6) is -3.16. The van der Waals surface area contributed by atoms with Gasteiger partial charge in [0.1, 0.15) is 35.2 Å². The summed E-state index contributed by atoms with van der Waals surface area (Å²) in [6.45, 7) is 8.71. The minimum atomic E-state index is -1.33. The van der Waals surface area contributed by atoms with E-state index in [1.807, 2.05) is 6.92 Å². The Morgan fingerprint density at radius 2 is 1.95 bits per heavy atom. The molecular weight excluding hydrogens is 548 g/mol. The van der Waals surface area contributed by atoms with Crippen molar-refractivity contribution in [1.29, 1.82) is 0 Å². The average molecular weight is 587 g/mol. The Morgan fingerprint density at radius 1 is 1.21 bits per heavy atom. The molecule has 42 heavy (non-hydrogen) atoms. The SMILES string of the molecule is CC[C@H](C)[C@H](NC(=O)OC(C)(C)C)C(=O)NC(CCC(=O)O)C(=O)N1c2ncccc2C[C@H]1C(=O)NCc1c[nH]nn1. The van der Waals surface area contributed by atoms with Crippen molar-refractivity contribution in [2.45, 2.75) is 90.6 Å². The molecule has 1 aliphatic heterocycles. The number of carboxylic acid groups (broad SMARTS) is 1. The fourth-order valence-corrected chi connectivity index (χ4v) is 4.42. The molecule has 0 aliphatic carbocycles. The third-order valence-electron chi connectivity index (χ3n) is 6.70.